The quantitative estimate of drug-likeness (QED) is 0.278. The number of carbonyl (C=O) groups excluding carboxylic acids is 1. The van der Waals surface area contributed by atoms with E-state index in [0.717, 1.165) is 28.8 Å². The molecule has 0 aliphatic carbocycles. The maximum Gasteiger partial charge on any atom is 0.224 e. The van der Waals surface area contributed by atoms with Gasteiger partial charge in [-0.2, -0.15) is 0 Å². The van der Waals surface area contributed by atoms with Gasteiger partial charge in [0.05, 0.1) is 18.3 Å². The lowest BCUT2D eigenvalue weighted by Gasteiger charge is -2.07. The van der Waals surface area contributed by atoms with Crippen molar-refractivity contribution in [2.75, 3.05) is 5.73 Å². The molecular weight excluding hydrogens is 418 g/mol. The molecule has 0 aliphatic heterocycles. The zero-order chi connectivity index (χ0) is 22.8. The highest BCUT2D eigenvalue weighted by Gasteiger charge is 2.05. The minimum absolute atomic E-state index is 0.0104. The Morgan fingerprint density at radius 3 is 2.06 bits per heavy atom. The third kappa shape index (κ3) is 6.73. The second kappa shape index (κ2) is 11.7. The number of rotatable bonds is 7. The monoisotopic (exact) mass is 445 g/mol. The molecule has 3 aromatic carbocycles. The molecule has 7 heteroatoms. The SMILES string of the molecule is NS.Nc1ncc(-c2ccc(CNC(=O)Cc3ccc(Cc4ccccc4)cc3)cc2)[nH]1. The molecule has 4 aromatic rings. The molecule has 1 amide bonds. The summed E-state index contributed by atoms with van der Waals surface area (Å²) in [5, 5.41) is 7.18. The van der Waals surface area contributed by atoms with E-state index in [0.29, 0.717) is 18.9 Å². The van der Waals surface area contributed by atoms with Crippen LogP contribution in [0.2, 0.25) is 0 Å². The summed E-state index contributed by atoms with van der Waals surface area (Å²) in [5.74, 6) is 0.408. The van der Waals surface area contributed by atoms with E-state index in [1.54, 1.807) is 6.20 Å². The van der Waals surface area contributed by atoms with Crippen LogP contribution in [0.5, 0.6) is 0 Å². The lowest BCUT2D eigenvalue weighted by molar-refractivity contribution is -0.120. The topological polar surface area (TPSA) is 110 Å². The fourth-order valence-corrected chi connectivity index (χ4v) is 3.34. The van der Waals surface area contributed by atoms with E-state index in [9.17, 15) is 4.79 Å². The van der Waals surface area contributed by atoms with Crippen LogP contribution in [0.1, 0.15) is 22.3 Å². The van der Waals surface area contributed by atoms with Gasteiger partial charge in [0.1, 0.15) is 0 Å². The number of hydrogen-bond acceptors (Lipinski definition) is 5. The number of nitrogen functional groups attached to an aromatic ring is 1. The summed E-state index contributed by atoms with van der Waals surface area (Å²) in [4.78, 5) is 19.3. The van der Waals surface area contributed by atoms with Gasteiger partial charge in [0.2, 0.25) is 5.91 Å². The van der Waals surface area contributed by atoms with E-state index in [1.807, 2.05) is 42.5 Å². The highest BCUT2D eigenvalue weighted by Crippen LogP contribution is 2.18. The Kier molecular flexibility index (Phi) is 8.48. The smallest absolute Gasteiger partial charge is 0.224 e. The van der Waals surface area contributed by atoms with Crippen LogP contribution in [0.15, 0.2) is 85.1 Å². The summed E-state index contributed by atoms with van der Waals surface area (Å²) in [5.41, 5.74) is 12.1. The van der Waals surface area contributed by atoms with Crippen molar-refractivity contribution in [1.29, 1.82) is 0 Å². The molecule has 6 nitrogen and oxygen atoms in total. The number of aromatic nitrogens is 2. The molecule has 1 aromatic heterocycles. The van der Waals surface area contributed by atoms with E-state index in [4.69, 9.17) is 5.73 Å². The van der Waals surface area contributed by atoms with Crippen molar-refractivity contribution in [2.45, 2.75) is 19.4 Å². The molecule has 6 N–H and O–H groups in total. The average Bonchev–Trinajstić information content (AvgIpc) is 3.28. The van der Waals surface area contributed by atoms with Gasteiger partial charge in [-0.05, 0) is 34.2 Å². The fourth-order valence-electron chi connectivity index (χ4n) is 3.34. The molecule has 1 heterocycles. The lowest BCUT2D eigenvalue weighted by atomic mass is 10.0. The van der Waals surface area contributed by atoms with Gasteiger partial charge in [-0.15, -0.1) is 12.8 Å². The van der Waals surface area contributed by atoms with Crippen LogP contribution in [-0.4, -0.2) is 15.9 Å². The van der Waals surface area contributed by atoms with Crippen molar-refractivity contribution >= 4 is 24.7 Å². The number of hydrogen-bond donors (Lipinski definition) is 5. The third-order valence-corrected chi connectivity index (χ3v) is 4.99. The molecule has 0 atom stereocenters. The second-order valence-corrected chi connectivity index (χ2v) is 7.31. The maximum absolute atomic E-state index is 12.3. The Hall–Kier alpha value is -3.55. The Balaban J connectivity index is 0.00000141. The van der Waals surface area contributed by atoms with Crippen molar-refractivity contribution in [1.82, 2.24) is 15.3 Å². The molecule has 0 saturated heterocycles. The number of imidazole rings is 1. The van der Waals surface area contributed by atoms with Crippen LogP contribution in [0, 0.1) is 0 Å². The van der Waals surface area contributed by atoms with E-state index < -0.39 is 0 Å². The maximum atomic E-state index is 12.3. The Morgan fingerprint density at radius 2 is 1.44 bits per heavy atom. The van der Waals surface area contributed by atoms with Crippen molar-refractivity contribution in [3.8, 4) is 11.3 Å². The molecule has 0 spiro atoms. The summed E-state index contributed by atoms with van der Waals surface area (Å²) in [6, 6.07) is 26.6. The van der Waals surface area contributed by atoms with Gasteiger partial charge in [-0.3, -0.25) is 9.93 Å². The van der Waals surface area contributed by atoms with Crippen LogP contribution in [0.3, 0.4) is 0 Å². The molecule has 4 rings (SSSR count). The number of thiol groups is 1. The minimum atomic E-state index is 0.0104. The molecule has 164 valence electrons. The third-order valence-electron chi connectivity index (χ3n) is 4.99. The predicted molar refractivity (Wildman–Crippen MR) is 133 cm³/mol. The van der Waals surface area contributed by atoms with Gasteiger partial charge in [0.25, 0.3) is 0 Å². The summed E-state index contributed by atoms with van der Waals surface area (Å²) in [7, 11) is 0. The highest BCUT2D eigenvalue weighted by atomic mass is 32.1. The zero-order valence-corrected chi connectivity index (χ0v) is 18.6. The summed E-state index contributed by atoms with van der Waals surface area (Å²) >= 11 is 3.03. The number of carbonyl (C=O) groups is 1. The Bertz CT molecular complexity index is 1110. The first-order chi connectivity index (χ1) is 15.7. The number of anilines is 1. The highest BCUT2D eigenvalue weighted by molar-refractivity contribution is 7.77. The predicted octanol–water partition coefficient (Wildman–Crippen LogP) is 3.90. The van der Waals surface area contributed by atoms with Crippen molar-refractivity contribution in [2.24, 2.45) is 5.14 Å². The summed E-state index contributed by atoms with van der Waals surface area (Å²) < 4.78 is 0. The van der Waals surface area contributed by atoms with Crippen molar-refractivity contribution in [3.05, 3.63) is 107 Å². The van der Waals surface area contributed by atoms with Gasteiger partial charge < -0.3 is 16.0 Å². The van der Waals surface area contributed by atoms with Crippen LogP contribution >= 0.6 is 12.8 Å². The first-order valence-corrected chi connectivity index (χ1v) is 10.7. The molecule has 0 fully saturated rings. The van der Waals surface area contributed by atoms with E-state index in [2.05, 4.69) is 69.6 Å². The molecule has 0 radical (unpaired) electrons. The number of H-pyrrole nitrogens is 1. The van der Waals surface area contributed by atoms with Crippen LogP contribution in [0.25, 0.3) is 11.3 Å². The molecule has 32 heavy (non-hydrogen) atoms. The van der Waals surface area contributed by atoms with Gasteiger partial charge in [-0.25, -0.2) is 4.98 Å². The number of nitrogens with one attached hydrogen (secondary N) is 2. The van der Waals surface area contributed by atoms with Crippen LogP contribution in [-0.2, 0) is 24.2 Å². The molecular formula is C25H27N5OS. The first kappa shape index (κ1) is 23.1. The number of aromatic amines is 1. The van der Waals surface area contributed by atoms with Crippen molar-refractivity contribution in [3.63, 3.8) is 0 Å². The average molecular weight is 446 g/mol. The second-order valence-electron chi connectivity index (χ2n) is 7.31. The zero-order valence-electron chi connectivity index (χ0n) is 17.7. The number of nitrogens with two attached hydrogens (primary N) is 2. The molecule has 0 aliphatic rings. The summed E-state index contributed by atoms with van der Waals surface area (Å²) in [6.07, 6.45) is 2.98. The standard InChI is InChI=1S/C25H24N4O.H3NS/c26-25-28-17-23(29-25)22-12-10-21(11-13-22)16-27-24(30)15-20-8-6-19(7-9-20)14-18-4-2-1-3-5-18;1-2/h1-13,17H,14-16H2,(H,27,30)(H3,26,28,29);2H,1H2. The van der Waals surface area contributed by atoms with Gasteiger partial charge >= 0.3 is 0 Å². The van der Waals surface area contributed by atoms with Crippen LogP contribution < -0.4 is 16.2 Å². The normalized spacial score (nSPS) is 10.2. The van der Waals surface area contributed by atoms with Crippen molar-refractivity contribution < 1.29 is 4.79 Å². The lowest BCUT2D eigenvalue weighted by Crippen LogP contribution is -2.24. The van der Waals surface area contributed by atoms with Gasteiger partial charge in [0.15, 0.2) is 5.95 Å². The minimum Gasteiger partial charge on any atom is -0.369 e. The summed E-state index contributed by atoms with van der Waals surface area (Å²) in [6.45, 7) is 0.496. The van der Waals surface area contributed by atoms with Gasteiger partial charge in [-0.1, -0.05) is 78.9 Å². The largest absolute Gasteiger partial charge is 0.369 e. The number of amides is 1. The molecule has 0 saturated carbocycles. The van der Waals surface area contributed by atoms with E-state index >= 15 is 0 Å². The van der Waals surface area contributed by atoms with E-state index in [1.165, 1.54) is 11.1 Å². The number of nitrogens with zero attached hydrogens (tertiary/aromatic N) is 1. The Labute approximate surface area is 193 Å². The fraction of sp³-hybridized carbons (Fsp3) is 0.120. The molecule has 0 unspecified atom stereocenters. The molecule has 0 bridgehead atoms. The first-order valence-electron chi connectivity index (χ1n) is 10.2. The van der Waals surface area contributed by atoms with E-state index in [-0.39, 0.29) is 5.91 Å². The van der Waals surface area contributed by atoms with Crippen LogP contribution in [0.4, 0.5) is 5.95 Å². The number of benzene rings is 3. The van der Waals surface area contributed by atoms with Gasteiger partial charge in [0, 0.05) is 6.54 Å². The Morgan fingerprint density at radius 1 is 0.844 bits per heavy atom.